The Hall–Kier alpha value is 0.1000. The summed E-state index contributed by atoms with van der Waals surface area (Å²) < 4.78 is 13.0. The van der Waals surface area contributed by atoms with Crippen LogP contribution in [0.1, 0.15) is 0 Å². The first kappa shape index (κ1) is 11.1. The largest absolute Gasteiger partial charge is 0.372 e. The zero-order valence-corrected chi connectivity index (χ0v) is 9.26. The molecule has 0 spiro atoms. The minimum atomic E-state index is -0.403. The van der Waals surface area contributed by atoms with Crippen LogP contribution in [0, 0.1) is 10.3 Å². The molecule has 0 fully saturated rings. The second-order valence-electron chi connectivity index (χ2n) is 1.78. The number of nitrogens with one attached hydrogen (secondary N) is 2. The zero-order valence-electron chi connectivity index (χ0n) is 6.44. The molecule has 1 radical (unpaired) electrons. The van der Waals surface area contributed by atoms with Gasteiger partial charge in [-0.3, -0.25) is 0 Å². The van der Waals surface area contributed by atoms with Gasteiger partial charge < -0.3 is 10.3 Å². The molecule has 5 heteroatoms. The summed E-state index contributed by atoms with van der Waals surface area (Å²) in [6.07, 6.45) is 1.59. The minimum absolute atomic E-state index is 0. The van der Waals surface area contributed by atoms with Crippen molar-refractivity contribution in [1.29, 1.82) is 0 Å². The molecule has 55 valence electrons. The number of hydrogen-bond acceptors (Lipinski definition) is 2. The van der Waals surface area contributed by atoms with E-state index >= 15 is 0 Å². The molecule has 0 saturated carbocycles. The summed E-state index contributed by atoms with van der Waals surface area (Å²) in [6, 6.07) is 1.51. The predicted octanol–water partition coefficient (Wildman–Crippen LogP) is 1.54. The fourth-order valence-corrected chi connectivity index (χ4v) is 0.812. The van der Waals surface area contributed by atoms with Gasteiger partial charge in [0.1, 0.15) is 5.82 Å². The Labute approximate surface area is 91.5 Å². The van der Waals surface area contributed by atoms with E-state index in [0.717, 1.165) is 0 Å². The summed E-state index contributed by atoms with van der Waals surface area (Å²) in [6.45, 7) is 0. The maximum absolute atomic E-state index is 12.8. The van der Waals surface area contributed by atoms with Gasteiger partial charge in [0.05, 0.1) is 4.51 Å². The molecule has 0 bridgehead atoms. The monoisotopic (exact) mass is 181 g/mol. The van der Waals surface area contributed by atoms with Gasteiger partial charge in [0, 0.05) is 42.8 Å². The molecule has 0 amide bonds. The Morgan fingerprint density at radius 1 is 1.64 bits per heavy atom. The molecule has 0 aromatic carbocycles. The van der Waals surface area contributed by atoms with Gasteiger partial charge in [0.15, 0.2) is 5.82 Å². The molecule has 1 aromatic rings. The number of aromatic amines is 1. The first-order valence-electron chi connectivity index (χ1n) is 2.80. The Kier molecular flexibility index (Phi) is 4.92. The van der Waals surface area contributed by atoms with Gasteiger partial charge >= 0.3 is 0 Å². The third kappa shape index (κ3) is 2.56. The Balaban J connectivity index is 0.000001000. The molecule has 1 heterocycles. The van der Waals surface area contributed by atoms with E-state index in [9.17, 15) is 4.39 Å². The van der Waals surface area contributed by atoms with Gasteiger partial charge in [-0.2, -0.15) is 0 Å². The number of pyridine rings is 1. The van der Waals surface area contributed by atoms with Gasteiger partial charge in [0.2, 0.25) is 0 Å². The van der Waals surface area contributed by atoms with Crippen molar-refractivity contribution in [1.82, 2.24) is 4.98 Å². The molecule has 0 atom stereocenters. The van der Waals surface area contributed by atoms with Crippen molar-refractivity contribution in [2.45, 2.75) is 0 Å². The summed E-state index contributed by atoms with van der Waals surface area (Å²) in [5, 5.41) is 2.64. The van der Waals surface area contributed by atoms with Gasteiger partial charge in [0.25, 0.3) is 0 Å². The van der Waals surface area contributed by atoms with E-state index in [1.807, 2.05) is 0 Å². The quantitative estimate of drug-likeness (QED) is 0.508. The molecular weight excluding hydrogens is 174 g/mol. The zero-order chi connectivity index (χ0) is 7.56. The van der Waals surface area contributed by atoms with E-state index in [0.29, 0.717) is 5.82 Å². The summed E-state index contributed by atoms with van der Waals surface area (Å²) in [4.78, 5) is 2.67. The smallest absolute Gasteiger partial charge is 0.181 e. The Bertz CT molecular complexity index is 286. The molecule has 1 rings (SSSR count). The van der Waals surface area contributed by atoms with Crippen molar-refractivity contribution >= 4 is 47.6 Å². The molecule has 2 nitrogen and oxygen atoms in total. The van der Waals surface area contributed by atoms with Crippen LogP contribution in [-0.2, 0) is 0 Å². The van der Waals surface area contributed by atoms with E-state index in [2.05, 4.69) is 22.5 Å². The molecular formula is C6H7FN2NaS. The van der Waals surface area contributed by atoms with Crippen LogP contribution < -0.4 is 5.32 Å². The van der Waals surface area contributed by atoms with E-state index < -0.39 is 5.82 Å². The van der Waals surface area contributed by atoms with E-state index in [1.54, 1.807) is 13.2 Å². The van der Waals surface area contributed by atoms with Gasteiger partial charge in [-0.05, 0) is 6.07 Å². The van der Waals surface area contributed by atoms with Crippen molar-refractivity contribution in [2.75, 3.05) is 12.4 Å². The van der Waals surface area contributed by atoms with E-state index in [-0.39, 0.29) is 34.1 Å². The standard InChI is InChI=1S/C6H7FN2S.Na/c1-8-6-5(7)4(10)2-3-9-6;/h2-3H,1H3,(H2,8,9,10);. The predicted molar refractivity (Wildman–Crippen MR) is 46.9 cm³/mol. The molecule has 0 aliphatic rings. The molecule has 0 aliphatic carbocycles. The second-order valence-corrected chi connectivity index (χ2v) is 2.22. The molecule has 2 N–H and O–H groups in total. The number of aromatic nitrogens is 1. The summed E-state index contributed by atoms with van der Waals surface area (Å²) >= 11 is 4.67. The van der Waals surface area contributed by atoms with Gasteiger partial charge in [-0.15, -0.1) is 0 Å². The van der Waals surface area contributed by atoms with Crippen LogP contribution in [0.25, 0.3) is 0 Å². The average Bonchev–Trinajstić information content (AvgIpc) is 1.95. The third-order valence-corrected chi connectivity index (χ3v) is 1.46. The normalized spacial score (nSPS) is 8.55. The van der Waals surface area contributed by atoms with Crippen LogP contribution in [0.15, 0.2) is 12.3 Å². The Morgan fingerprint density at radius 2 is 2.27 bits per heavy atom. The number of hydrogen-bond donors (Lipinski definition) is 2. The number of halogens is 1. The maximum Gasteiger partial charge on any atom is 0.181 e. The van der Waals surface area contributed by atoms with Crippen molar-refractivity contribution in [3.63, 3.8) is 0 Å². The van der Waals surface area contributed by atoms with Crippen molar-refractivity contribution in [3.05, 3.63) is 22.6 Å². The van der Waals surface area contributed by atoms with Crippen LogP contribution >= 0.6 is 12.2 Å². The first-order valence-corrected chi connectivity index (χ1v) is 3.21. The summed E-state index contributed by atoms with van der Waals surface area (Å²) in [5.41, 5.74) is 0. The number of H-pyrrole nitrogens is 1. The van der Waals surface area contributed by atoms with Crippen LogP contribution in [-0.4, -0.2) is 41.6 Å². The Morgan fingerprint density at radius 3 is 2.73 bits per heavy atom. The summed E-state index contributed by atoms with van der Waals surface area (Å²) in [7, 11) is 1.63. The SMILES string of the molecule is CNc1[nH]ccc(=S)c1F.[Na]. The van der Waals surface area contributed by atoms with Gasteiger partial charge in [-0.25, -0.2) is 4.39 Å². The molecule has 0 aliphatic heterocycles. The topological polar surface area (TPSA) is 27.8 Å². The molecule has 11 heavy (non-hydrogen) atoms. The van der Waals surface area contributed by atoms with Crippen LogP contribution in [0.4, 0.5) is 10.2 Å². The summed E-state index contributed by atoms with van der Waals surface area (Å²) in [5.74, 6) is -0.0764. The maximum atomic E-state index is 12.8. The van der Waals surface area contributed by atoms with Crippen molar-refractivity contribution in [3.8, 4) is 0 Å². The van der Waals surface area contributed by atoms with Crippen molar-refractivity contribution < 1.29 is 4.39 Å². The first-order chi connectivity index (χ1) is 4.75. The van der Waals surface area contributed by atoms with Gasteiger partial charge in [-0.1, -0.05) is 12.2 Å². The fraction of sp³-hybridized carbons (Fsp3) is 0.167. The molecule has 0 unspecified atom stereocenters. The average molecular weight is 181 g/mol. The van der Waals surface area contributed by atoms with Crippen LogP contribution in [0.3, 0.4) is 0 Å². The van der Waals surface area contributed by atoms with Crippen LogP contribution in [0.5, 0.6) is 0 Å². The number of rotatable bonds is 1. The number of anilines is 1. The van der Waals surface area contributed by atoms with Crippen molar-refractivity contribution in [2.24, 2.45) is 0 Å². The minimum Gasteiger partial charge on any atom is -0.372 e. The molecule has 0 saturated heterocycles. The second kappa shape index (κ2) is 4.87. The van der Waals surface area contributed by atoms with Crippen LogP contribution in [0.2, 0.25) is 0 Å². The molecule has 1 aromatic heterocycles. The van der Waals surface area contributed by atoms with E-state index in [4.69, 9.17) is 0 Å². The van der Waals surface area contributed by atoms with E-state index in [1.165, 1.54) is 6.07 Å². The fourth-order valence-electron chi connectivity index (χ4n) is 0.642. The third-order valence-electron chi connectivity index (χ3n) is 1.15.